The molecule has 2 atom stereocenters. The largest absolute Gasteiger partial charge is 0.367 e. The molecule has 0 saturated carbocycles. The molecule has 0 saturated heterocycles. The van der Waals surface area contributed by atoms with Gasteiger partial charge in [-0.2, -0.15) is 0 Å². The van der Waals surface area contributed by atoms with Gasteiger partial charge < -0.3 is 5.32 Å². The van der Waals surface area contributed by atoms with E-state index in [1.807, 2.05) is 0 Å². The summed E-state index contributed by atoms with van der Waals surface area (Å²) in [6.45, 7) is 6.67. The predicted octanol–water partition coefficient (Wildman–Crippen LogP) is 3.48. The molecule has 1 N–H and O–H groups in total. The summed E-state index contributed by atoms with van der Waals surface area (Å²) >= 11 is 3.42. The van der Waals surface area contributed by atoms with E-state index >= 15 is 0 Å². The van der Waals surface area contributed by atoms with E-state index < -0.39 is 0 Å². The van der Waals surface area contributed by atoms with Crippen LogP contribution in [0, 0.1) is 5.92 Å². The highest BCUT2D eigenvalue weighted by Gasteiger charge is 2.09. The van der Waals surface area contributed by atoms with Gasteiger partial charge in [0.1, 0.15) is 12.1 Å². The Morgan fingerprint density at radius 3 is 2.80 bits per heavy atom. The molecule has 0 radical (unpaired) electrons. The second-order valence-corrected chi connectivity index (χ2v) is 4.87. The van der Waals surface area contributed by atoms with Gasteiger partial charge in [-0.3, -0.25) is 0 Å². The molecule has 0 aromatic carbocycles. The van der Waals surface area contributed by atoms with Crippen molar-refractivity contribution < 1.29 is 0 Å². The van der Waals surface area contributed by atoms with E-state index in [1.54, 1.807) is 12.5 Å². The number of hydrogen-bond donors (Lipinski definition) is 1. The summed E-state index contributed by atoms with van der Waals surface area (Å²) in [5, 5.41) is 3.38. The summed E-state index contributed by atoms with van der Waals surface area (Å²) in [4.78, 5) is 8.11. The lowest BCUT2D eigenvalue weighted by atomic mass is 10.0. The van der Waals surface area contributed by atoms with E-state index in [-0.39, 0.29) is 0 Å². The highest BCUT2D eigenvalue weighted by atomic mass is 79.9. The van der Waals surface area contributed by atoms with Gasteiger partial charge >= 0.3 is 0 Å². The zero-order valence-electron chi connectivity index (χ0n) is 9.50. The maximum atomic E-state index is 4.18. The zero-order chi connectivity index (χ0) is 11.3. The van der Waals surface area contributed by atoms with Crippen molar-refractivity contribution in [2.24, 2.45) is 5.92 Å². The Morgan fingerprint density at radius 1 is 1.47 bits per heavy atom. The van der Waals surface area contributed by atoms with Crippen LogP contribution in [0.3, 0.4) is 0 Å². The minimum Gasteiger partial charge on any atom is -0.367 e. The van der Waals surface area contributed by atoms with Crippen molar-refractivity contribution in [1.29, 1.82) is 0 Å². The molecule has 1 heterocycles. The fraction of sp³-hybridized carbons (Fsp3) is 0.636. The monoisotopic (exact) mass is 271 g/mol. The summed E-state index contributed by atoms with van der Waals surface area (Å²) in [6, 6.07) is 0.436. The first-order valence-electron chi connectivity index (χ1n) is 5.35. The van der Waals surface area contributed by atoms with Crippen molar-refractivity contribution in [3.63, 3.8) is 0 Å². The van der Waals surface area contributed by atoms with Crippen molar-refractivity contribution in [2.45, 2.75) is 39.7 Å². The number of anilines is 1. The number of nitrogens with one attached hydrogen (secondary N) is 1. The highest BCUT2D eigenvalue weighted by molar-refractivity contribution is 9.10. The first kappa shape index (κ1) is 12.4. The molecule has 0 aliphatic heterocycles. The third kappa shape index (κ3) is 4.16. The lowest BCUT2D eigenvalue weighted by Gasteiger charge is -2.18. The maximum absolute atomic E-state index is 4.18. The Hall–Kier alpha value is -0.640. The Morgan fingerprint density at radius 2 is 2.20 bits per heavy atom. The van der Waals surface area contributed by atoms with Crippen molar-refractivity contribution in [3.05, 3.63) is 17.0 Å². The van der Waals surface area contributed by atoms with Crippen LogP contribution in [0.4, 0.5) is 5.82 Å². The number of halogens is 1. The summed E-state index contributed by atoms with van der Waals surface area (Å²) in [5.41, 5.74) is 0. The zero-order valence-corrected chi connectivity index (χ0v) is 11.1. The highest BCUT2D eigenvalue weighted by Crippen LogP contribution is 2.20. The molecule has 1 aromatic heterocycles. The van der Waals surface area contributed by atoms with Crippen molar-refractivity contribution in [2.75, 3.05) is 5.32 Å². The molecule has 0 aliphatic carbocycles. The molecule has 2 unspecified atom stereocenters. The first-order valence-corrected chi connectivity index (χ1v) is 6.14. The van der Waals surface area contributed by atoms with Gasteiger partial charge in [-0.1, -0.05) is 20.3 Å². The van der Waals surface area contributed by atoms with Crippen LogP contribution in [0.5, 0.6) is 0 Å². The summed E-state index contributed by atoms with van der Waals surface area (Å²) in [6.07, 6.45) is 5.69. The van der Waals surface area contributed by atoms with Crippen LogP contribution in [0.15, 0.2) is 17.0 Å². The Balaban J connectivity index is 2.51. The fourth-order valence-corrected chi connectivity index (χ4v) is 1.82. The van der Waals surface area contributed by atoms with Crippen LogP contribution in [0.2, 0.25) is 0 Å². The van der Waals surface area contributed by atoms with E-state index in [1.165, 1.54) is 6.42 Å². The molecular formula is C11H18BrN3. The number of nitrogens with zero attached hydrogens (tertiary/aromatic N) is 2. The molecule has 3 nitrogen and oxygen atoms in total. The van der Waals surface area contributed by atoms with Gasteiger partial charge in [0.05, 0.1) is 4.47 Å². The average molecular weight is 272 g/mol. The topological polar surface area (TPSA) is 37.8 Å². The number of aromatic nitrogens is 2. The summed E-state index contributed by atoms with van der Waals surface area (Å²) in [7, 11) is 0. The molecule has 84 valence electrons. The van der Waals surface area contributed by atoms with E-state index in [0.717, 1.165) is 22.6 Å². The number of hydrogen-bond acceptors (Lipinski definition) is 3. The lowest BCUT2D eigenvalue weighted by Crippen LogP contribution is -2.19. The fourth-order valence-electron chi connectivity index (χ4n) is 1.48. The van der Waals surface area contributed by atoms with Gasteiger partial charge in [0, 0.05) is 12.2 Å². The number of rotatable bonds is 5. The van der Waals surface area contributed by atoms with Crippen molar-refractivity contribution in [1.82, 2.24) is 9.97 Å². The minimum absolute atomic E-state index is 0.436. The van der Waals surface area contributed by atoms with Crippen molar-refractivity contribution in [3.8, 4) is 0 Å². The molecule has 0 bridgehead atoms. The molecule has 0 aliphatic rings. The quantitative estimate of drug-likeness (QED) is 0.891. The normalized spacial score (nSPS) is 14.7. The summed E-state index contributed by atoms with van der Waals surface area (Å²) < 4.78 is 0.918. The van der Waals surface area contributed by atoms with Crippen LogP contribution >= 0.6 is 15.9 Å². The third-order valence-corrected chi connectivity index (χ3v) is 3.08. The smallest absolute Gasteiger partial charge is 0.143 e. The lowest BCUT2D eigenvalue weighted by molar-refractivity contribution is 0.483. The van der Waals surface area contributed by atoms with Gasteiger partial charge in [-0.05, 0) is 35.2 Å². The Bertz CT molecular complexity index is 304. The summed E-state index contributed by atoms with van der Waals surface area (Å²) in [5.74, 6) is 1.62. The molecule has 4 heteroatoms. The van der Waals surface area contributed by atoms with Crippen LogP contribution in [0.1, 0.15) is 33.6 Å². The maximum Gasteiger partial charge on any atom is 0.143 e. The van der Waals surface area contributed by atoms with Crippen LogP contribution in [-0.4, -0.2) is 16.0 Å². The SMILES string of the molecule is CCC(C)CC(C)Nc1ncncc1Br. The van der Waals surface area contributed by atoms with Gasteiger partial charge in [-0.25, -0.2) is 9.97 Å². The van der Waals surface area contributed by atoms with E-state index in [0.29, 0.717) is 6.04 Å². The molecular weight excluding hydrogens is 254 g/mol. The Kier molecular flexibility index (Phi) is 5.02. The van der Waals surface area contributed by atoms with E-state index in [2.05, 4.69) is 52.0 Å². The predicted molar refractivity (Wildman–Crippen MR) is 66.9 cm³/mol. The first-order chi connectivity index (χ1) is 7.13. The third-order valence-electron chi connectivity index (χ3n) is 2.50. The van der Waals surface area contributed by atoms with E-state index in [4.69, 9.17) is 0 Å². The van der Waals surface area contributed by atoms with Crippen LogP contribution in [-0.2, 0) is 0 Å². The van der Waals surface area contributed by atoms with E-state index in [9.17, 15) is 0 Å². The molecule has 0 amide bonds. The molecule has 1 rings (SSSR count). The van der Waals surface area contributed by atoms with Gasteiger partial charge in [0.2, 0.25) is 0 Å². The minimum atomic E-state index is 0.436. The van der Waals surface area contributed by atoms with Gasteiger partial charge in [0.15, 0.2) is 0 Å². The molecule has 1 aromatic rings. The van der Waals surface area contributed by atoms with Crippen LogP contribution < -0.4 is 5.32 Å². The molecule has 0 spiro atoms. The standard InChI is InChI=1S/C11H18BrN3/c1-4-8(2)5-9(3)15-11-10(12)6-13-7-14-11/h6-9H,4-5H2,1-3H3,(H,13,14,15). The second kappa shape index (κ2) is 6.05. The van der Waals surface area contributed by atoms with Gasteiger partial charge in [-0.15, -0.1) is 0 Å². The molecule has 0 fully saturated rings. The average Bonchev–Trinajstić information content (AvgIpc) is 2.21. The second-order valence-electron chi connectivity index (χ2n) is 4.01. The van der Waals surface area contributed by atoms with Gasteiger partial charge in [0.25, 0.3) is 0 Å². The van der Waals surface area contributed by atoms with Crippen LogP contribution in [0.25, 0.3) is 0 Å². The Labute approximate surface area is 99.8 Å². The van der Waals surface area contributed by atoms with Crippen molar-refractivity contribution >= 4 is 21.7 Å². The molecule has 15 heavy (non-hydrogen) atoms.